The first kappa shape index (κ1) is 16.9. The fourth-order valence-corrected chi connectivity index (χ4v) is 2.89. The third-order valence-electron chi connectivity index (χ3n) is 4.14. The lowest BCUT2D eigenvalue weighted by Crippen LogP contribution is -2.45. The van der Waals surface area contributed by atoms with Gasteiger partial charge in [-0.25, -0.2) is 13.5 Å². The molecule has 7 heteroatoms. The minimum atomic E-state index is -0.980. The van der Waals surface area contributed by atoms with Crippen molar-refractivity contribution in [3.63, 3.8) is 0 Å². The summed E-state index contributed by atoms with van der Waals surface area (Å²) in [6.07, 6.45) is 6.74. The number of allylic oxidation sites excluding steroid dienone is 2. The third-order valence-corrected chi connectivity index (χ3v) is 4.14. The Kier molecular flexibility index (Phi) is 4.16. The summed E-state index contributed by atoms with van der Waals surface area (Å²) in [7, 11) is 0. The van der Waals surface area contributed by atoms with Crippen LogP contribution < -0.4 is 5.32 Å². The van der Waals surface area contributed by atoms with Gasteiger partial charge in [0.15, 0.2) is 5.82 Å². The largest absolute Gasteiger partial charge is 0.481 e. The van der Waals surface area contributed by atoms with Gasteiger partial charge in [0.25, 0.3) is 0 Å². The van der Waals surface area contributed by atoms with Gasteiger partial charge in [-0.1, -0.05) is 24.3 Å². The minimum Gasteiger partial charge on any atom is -0.481 e. The van der Waals surface area contributed by atoms with Gasteiger partial charge in [-0.15, -0.1) is 0 Å². The molecule has 2 atom stereocenters. The third kappa shape index (κ3) is 3.17. The van der Waals surface area contributed by atoms with E-state index in [1.165, 1.54) is 10.7 Å². The zero-order chi connectivity index (χ0) is 18.2. The second kappa shape index (κ2) is 6.16. The molecule has 3 rings (SSSR count). The molecule has 0 amide bonds. The van der Waals surface area contributed by atoms with E-state index in [2.05, 4.69) is 10.4 Å². The maximum absolute atomic E-state index is 14.2. The number of aryl methyl sites for hydroxylation is 1. The van der Waals surface area contributed by atoms with Gasteiger partial charge in [-0.3, -0.25) is 4.79 Å². The number of rotatable bonds is 4. The number of benzene rings is 1. The molecule has 130 valence electrons. The molecular weight excluding hydrogens is 328 g/mol. The number of anilines is 1. The molecule has 2 N–H and O–H groups in total. The van der Waals surface area contributed by atoms with Gasteiger partial charge in [0.05, 0.1) is 11.2 Å². The normalized spacial score (nSPS) is 22.2. The summed E-state index contributed by atoms with van der Waals surface area (Å²) in [6.45, 7) is 3.47. The van der Waals surface area contributed by atoms with Crippen LogP contribution in [0.2, 0.25) is 0 Å². The van der Waals surface area contributed by atoms with Crippen molar-refractivity contribution in [1.29, 1.82) is 0 Å². The topological polar surface area (TPSA) is 67.2 Å². The van der Waals surface area contributed by atoms with Crippen molar-refractivity contribution in [2.45, 2.75) is 19.4 Å². The highest BCUT2D eigenvalue weighted by atomic mass is 19.1. The fraction of sp³-hybridized carbons (Fsp3) is 0.222. The Morgan fingerprint density at radius 1 is 1.32 bits per heavy atom. The standard InChI is InChI=1S/C18H17F2N3O2/c1-11-9-16(21-18(2)8-4-3-5-13(18)17(24)25)23(22-11)15-7-6-12(19)10-14(15)20/h3-10,13,21H,1-2H3,(H,24,25). The highest BCUT2D eigenvalue weighted by molar-refractivity contribution is 5.76. The first-order chi connectivity index (χ1) is 11.8. The Morgan fingerprint density at radius 3 is 2.76 bits per heavy atom. The van der Waals surface area contributed by atoms with E-state index >= 15 is 0 Å². The maximum Gasteiger partial charge on any atom is 0.313 e. The summed E-state index contributed by atoms with van der Waals surface area (Å²) in [4.78, 5) is 11.6. The van der Waals surface area contributed by atoms with E-state index in [-0.39, 0.29) is 5.69 Å². The lowest BCUT2D eigenvalue weighted by molar-refractivity contribution is -0.141. The van der Waals surface area contributed by atoms with E-state index in [0.717, 1.165) is 12.1 Å². The predicted octanol–water partition coefficient (Wildman–Crippen LogP) is 3.46. The monoisotopic (exact) mass is 345 g/mol. The van der Waals surface area contributed by atoms with Crippen LogP contribution in [0.4, 0.5) is 14.6 Å². The fourth-order valence-electron chi connectivity index (χ4n) is 2.89. The van der Waals surface area contributed by atoms with Crippen molar-refractivity contribution >= 4 is 11.8 Å². The molecule has 1 heterocycles. The molecular formula is C18H17F2N3O2. The van der Waals surface area contributed by atoms with Gasteiger partial charge in [0, 0.05) is 12.1 Å². The average molecular weight is 345 g/mol. The van der Waals surface area contributed by atoms with Crippen LogP contribution >= 0.6 is 0 Å². The van der Waals surface area contributed by atoms with Crippen LogP contribution in [0.5, 0.6) is 0 Å². The van der Waals surface area contributed by atoms with E-state index < -0.39 is 29.1 Å². The van der Waals surface area contributed by atoms with Crippen LogP contribution in [0.1, 0.15) is 12.6 Å². The second-order valence-electron chi connectivity index (χ2n) is 6.15. The first-order valence-corrected chi connectivity index (χ1v) is 7.69. The zero-order valence-corrected chi connectivity index (χ0v) is 13.7. The summed E-state index contributed by atoms with van der Waals surface area (Å²) in [5.41, 5.74) is -0.249. The van der Waals surface area contributed by atoms with Crippen molar-refractivity contribution in [3.05, 3.63) is 65.9 Å². The van der Waals surface area contributed by atoms with E-state index in [9.17, 15) is 18.7 Å². The number of carbonyl (C=O) groups is 1. The molecule has 1 aromatic heterocycles. The van der Waals surface area contributed by atoms with E-state index in [1.807, 2.05) is 0 Å². The Morgan fingerprint density at radius 2 is 2.08 bits per heavy atom. The van der Waals surface area contributed by atoms with Crippen LogP contribution in [0.15, 0.2) is 48.6 Å². The number of nitrogens with zero attached hydrogens (tertiary/aromatic N) is 2. The highest BCUT2D eigenvalue weighted by Crippen LogP contribution is 2.31. The number of aliphatic carboxylic acids is 1. The summed E-state index contributed by atoms with van der Waals surface area (Å²) < 4.78 is 28.6. The van der Waals surface area contributed by atoms with Gasteiger partial charge in [-0.05, 0) is 26.0 Å². The molecule has 0 spiro atoms. The Hall–Kier alpha value is -2.96. The summed E-state index contributed by atoms with van der Waals surface area (Å²) >= 11 is 0. The summed E-state index contributed by atoms with van der Waals surface area (Å²) in [5, 5.41) is 16.8. The second-order valence-corrected chi connectivity index (χ2v) is 6.15. The van der Waals surface area contributed by atoms with Gasteiger partial charge in [0.2, 0.25) is 0 Å². The summed E-state index contributed by atoms with van der Waals surface area (Å²) in [5.74, 6) is -2.81. The lowest BCUT2D eigenvalue weighted by Gasteiger charge is -2.34. The quantitative estimate of drug-likeness (QED) is 0.891. The van der Waals surface area contributed by atoms with Crippen molar-refractivity contribution < 1.29 is 18.7 Å². The van der Waals surface area contributed by atoms with Crippen LogP contribution in [0.3, 0.4) is 0 Å². The molecule has 2 unspecified atom stereocenters. The molecule has 1 aromatic carbocycles. The number of halogens is 2. The Bertz CT molecular complexity index is 888. The SMILES string of the molecule is Cc1cc(NC2(C)C=CC=CC2C(=O)O)n(-c2ccc(F)cc2F)n1. The van der Waals surface area contributed by atoms with Gasteiger partial charge in [0.1, 0.15) is 23.2 Å². The van der Waals surface area contributed by atoms with Gasteiger partial charge >= 0.3 is 5.97 Å². The zero-order valence-electron chi connectivity index (χ0n) is 13.7. The molecule has 0 bridgehead atoms. The molecule has 1 aliphatic carbocycles. The Labute approximate surface area is 143 Å². The van der Waals surface area contributed by atoms with E-state index in [4.69, 9.17) is 0 Å². The van der Waals surface area contributed by atoms with E-state index in [0.29, 0.717) is 11.5 Å². The minimum absolute atomic E-state index is 0.0720. The van der Waals surface area contributed by atoms with Crippen molar-refractivity contribution in [2.24, 2.45) is 5.92 Å². The van der Waals surface area contributed by atoms with Crippen LogP contribution in [0.25, 0.3) is 5.69 Å². The molecule has 0 radical (unpaired) electrons. The lowest BCUT2D eigenvalue weighted by atomic mass is 9.82. The molecule has 1 aliphatic rings. The molecule has 5 nitrogen and oxygen atoms in total. The summed E-state index contributed by atoms with van der Waals surface area (Å²) in [6, 6.07) is 4.89. The van der Waals surface area contributed by atoms with Crippen molar-refractivity contribution in [3.8, 4) is 5.69 Å². The molecule has 0 saturated carbocycles. The number of carboxylic acids is 1. The molecule has 25 heavy (non-hydrogen) atoms. The van der Waals surface area contributed by atoms with Crippen LogP contribution in [-0.4, -0.2) is 26.4 Å². The number of aromatic nitrogens is 2. The Balaban J connectivity index is 2.03. The maximum atomic E-state index is 14.2. The van der Waals surface area contributed by atoms with Gasteiger partial charge < -0.3 is 10.4 Å². The molecule has 0 aliphatic heterocycles. The number of carboxylic acid groups (broad SMARTS) is 1. The smallest absolute Gasteiger partial charge is 0.313 e. The predicted molar refractivity (Wildman–Crippen MR) is 89.7 cm³/mol. The first-order valence-electron chi connectivity index (χ1n) is 7.69. The molecule has 0 saturated heterocycles. The number of hydrogen-bond donors (Lipinski definition) is 2. The number of hydrogen-bond acceptors (Lipinski definition) is 3. The van der Waals surface area contributed by atoms with Gasteiger partial charge in [-0.2, -0.15) is 5.10 Å². The van der Waals surface area contributed by atoms with Crippen LogP contribution in [0, 0.1) is 24.5 Å². The highest BCUT2D eigenvalue weighted by Gasteiger charge is 2.37. The van der Waals surface area contributed by atoms with Crippen molar-refractivity contribution in [2.75, 3.05) is 5.32 Å². The number of nitrogens with one attached hydrogen (secondary N) is 1. The van der Waals surface area contributed by atoms with Crippen molar-refractivity contribution in [1.82, 2.24) is 9.78 Å². The molecule has 0 fully saturated rings. The molecule has 2 aromatic rings. The van der Waals surface area contributed by atoms with E-state index in [1.54, 1.807) is 44.2 Å². The average Bonchev–Trinajstić information content (AvgIpc) is 2.87. The van der Waals surface area contributed by atoms with Crippen LogP contribution in [-0.2, 0) is 4.79 Å².